The van der Waals surface area contributed by atoms with E-state index in [1.165, 1.54) is 54.7 Å². The minimum absolute atomic E-state index is 0.0367. The molecule has 4 aromatic rings. The summed E-state index contributed by atoms with van der Waals surface area (Å²) in [6.45, 7) is 8.00. The minimum atomic E-state index is -0.965. The number of aromatic nitrogens is 2. The average molecular weight is 543 g/mol. The Kier molecular flexibility index (Phi) is 8.70. The van der Waals surface area contributed by atoms with Crippen molar-refractivity contribution in [2.24, 2.45) is 0 Å². The Hall–Kier alpha value is -3.84. The molecule has 0 aliphatic carbocycles. The van der Waals surface area contributed by atoms with Crippen LogP contribution >= 0.6 is 0 Å². The maximum Gasteiger partial charge on any atom is 0.247 e. The molecule has 5 nitrogen and oxygen atoms in total. The summed E-state index contributed by atoms with van der Waals surface area (Å²) in [5, 5.41) is 0. The third kappa shape index (κ3) is 6.31. The molecule has 5 rings (SSSR count). The number of carbonyl (C=O) groups is 1. The summed E-state index contributed by atoms with van der Waals surface area (Å²) >= 11 is 0. The van der Waals surface area contributed by atoms with Crippen molar-refractivity contribution in [3.05, 3.63) is 107 Å². The fourth-order valence-electron chi connectivity index (χ4n) is 5.39. The lowest BCUT2D eigenvalue weighted by atomic mass is 10.0. The largest absolute Gasteiger partial charge is 0.329 e. The molecule has 3 aromatic carbocycles. The molecule has 0 bridgehead atoms. The summed E-state index contributed by atoms with van der Waals surface area (Å²) in [6, 6.07) is 20.4. The van der Waals surface area contributed by atoms with E-state index in [9.17, 15) is 13.6 Å². The molecule has 40 heavy (non-hydrogen) atoms. The number of likely N-dealkylation sites (tertiary alicyclic amines) is 1. The van der Waals surface area contributed by atoms with Gasteiger partial charge in [0.25, 0.3) is 0 Å². The van der Waals surface area contributed by atoms with Gasteiger partial charge in [0.1, 0.15) is 5.82 Å². The van der Waals surface area contributed by atoms with Gasteiger partial charge in [-0.25, -0.2) is 13.8 Å². The maximum atomic E-state index is 14.1. The number of benzene rings is 3. The molecule has 0 atom stereocenters. The lowest BCUT2D eigenvalue weighted by molar-refractivity contribution is -0.128. The van der Waals surface area contributed by atoms with Crippen molar-refractivity contribution < 1.29 is 13.6 Å². The Balaban J connectivity index is 1.43. The standard InChI is InChI=1S/C33H36F2N4O/c1-24(2)38(32(40)18-17-25-13-10-14-28(34)33(25)35)23-31-36-29-15-6-7-16-30(29)39(31)22-27-12-5-4-11-26(27)21-37-19-8-3-9-20-37/h4-7,10-18,24H,3,8-9,19-23H2,1-2H3. The van der Waals surface area contributed by atoms with Crippen LogP contribution in [0.1, 0.15) is 55.6 Å². The van der Waals surface area contributed by atoms with Crippen LogP contribution in [0.15, 0.2) is 72.8 Å². The van der Waals surface area contributed by atoms with Gasteiger partial charge >= 0.3 is 0 Å². The Labute approximate surface area is 234 Å². The van der Waals surface area contributed by atoms with Crippen LogP contribution in [-0.4, -0.2) is 44.4 Å². The van der Waals surface area contributed by atoms with Crippen molar-refractivity contribution in [2.45, 2.75) is 58.8 Å². The Morgan fingerprint density at radius 1 is 0.925 bits per heavy atom. The van der Waals surface area contributed by atoms with Gasteiger partial charge in [-0.3, -0.25) is 9.69 Å². The van der Waals surface area contributed by atoms with Crippen LogP contribution < -0.4 is 0 Å². The number of amides is 1. The summed E-state index contributed by atoms with van der Waals surface area (Å²) in [5.74, 6) is -1.42. The number of rotatable bonds is 9. The molecule has 0 unspecified atom stereocenters. The van der Waals surface area contributed by atoms with Gasteiger partial charge in [0.05, 0.1) is 17.6 Å². The van der Waals surface area contributed by atoms with E-state index in [2.05, 4.69) is 39.8 Å². The second kappa shape index (κ2) is 12.6. The summed E-state index contributed by atoms with van der Waals surface area (Å²) in [4.78, 5) is 22.5. The Morgan fingerprint density at radius 2 is 1.62 bits per heavy atom. The zero-order chi connectivity index (χ0) is 28.1. The van der Waals surface area contributed by atoms with Gasteiger partial charge in [-0.2, -0.15) is 0 Å². The highest BCUT2D eigenvalue weighted by atomic mass is 19.2. The van der Waals surface area contributed by atoms with Crippen LogP contribution in [0.3, 0.4) is 0 Å². The first kappa shape index (κ1) is 27.7. The third-order valence-electron chi connectivity index (χ3n) is 7.63. The van der Waals surface area contributed by atoms with E-state index >= 15 is 0 Å². The lowest BCUT2D eigenvalue weighted by Crippen LogP contribution is -2.36. The zero-order valence-electron chi connectivity index (χ0n) is 23.2. The molecular weight excluding hydrogens is 506 g/mol. The fraction of sp³-hybridized carbons (Fsp3) is 0.333. The molecule has 1 aromatic heterocycles. The van der Waals surface area contributed by atoms with Gasteiger partial charge in [-0.05, 0) is 75.2 Å². The highest BCUT2D eigenvalue weighted by Crippen LogP contribution is 2.23. The number of hydrogen-bond donors (Lipinski definition) is 0. The van der Waals surface area contributed by atoms with Crippen molar-refractivity contribution in [3.8, 4) is 0 Å². The third-order valence-corrected chi connectivity index (χ3v) is 7.63. The first-order valence-electron chi connectivity index (χ1n) is 14.1. The molecular formula is C33H36F2N4O. The van der Waals surface area contributed by atoms with Crippen LogP contribution in [0.25, 0.3) is 17.1 Å². The molecule has 0 spiro atoms. The highest BCUT2D eigenvalue weighted by Gasteiger charge is 2.21. The molecule has 1 saturated heterocycles. The van der Waals surface area contributed by atoms with Crippen LogP contribution in [0.5, 0.6) is 0 Å². The lowest BCUT2D eigenvalue weighted by Gasteiger charge is -2.28. The molecule has 208 valence electrons. The number of imidazole rings is 1. The number of piperidine rings is 1. The Bertz CT molecular complexity index is 1500. The number of fused-ring (bicyclic) bond motifs is 1. The minimum Gasteiger partial charge on any atom is -0.329 e. The quantitative estimate of drug-likeness (QED) is 0.219. The molecule has 1 fully saturated rings. The normalized spacial score (nSPS) is 14.4. The summed E-state index contributed by atoms with van der Waals surface area (Å²) in [5.41, 5.74) is 4.47. The van der Waals surface area contributed by atoms with E-state index in [1.54, 1.807) is 4.90 Å². The van der Waals surface area contributed by atoms with Crippen LogP contribution in [-0.2, 0) is 24.4 Å². The first-order chi connectivity index (χ1) is 19.4. The van der Waals surface area contributed by atoms with E-state index < -0.39 is 11.6 Å². The van der Waals surface area contributed by atoms with Crippen LogP contribution in [0.4, 0.5) is 8.78 Å². The predicted octanol–water partition coefficient (Wildman–Crippen LogP) is 6.80. The predicted molar refractivity (Wildman–Crippen MR) is 155 cm³/mol. The zero-order valence-corrected chi connectivity index (χ0v) is 23.2. The molecule has 7 heteroatoms. The topological polar surface area (TPSA) is 41.4 Å². The monoisotopic (exact) mass is 542 g/mol. The number of para-hydroxylation sites is 2. The van der Waals surface area contributed by atoms with Crippen molar-refractivity contribution in [1.29, 1.82) is 0 Å². The van der Waals surface area contributed by atoms with Gasteiger partial charge in [0.2, 0.25) is 5.91 Å². The second-order valence-corrected chi connectivity index (χ2v) is 10.7. The molecule has 0 radical (unpaired) electrons. The summed E-state index contributed by atoms with van der Waals surface area (Å²) < 4.78 is 30.0. The molecule has 1 amide bonds. The number of hydrogen-bond acceptors (Lipinski definition) is 3. The smallest absolute Gasteiger partial charge is 0.247 e. The van der Waals surface area contributed by atoms with E-state index in [1.807, 2.05) is 32.0 Å². The van der Waals surface area contributed by atoms with Crippen LogP contribution in [0, 0.1) is 11.6 Å². The molecule has 0 saturated carbocycles. The van der Waals surface area contributed by atoms with Crippen molar-refractivity contribution in [2.75, 3.05) is 13.1 Å². The van der Waals surface area contributed by atoms with Gasteiger partial charge in [0, 0.05) is 30.8 Å². The molecule has 2 heterocycles. The van der Waals surface area contributed by atoms with E-state index in [4.69, 9.17) is 4.98 Å². The average Bonchev–Trinajstić information content (AvgIpc) is 3.30. The van der Waals surface area contributed by atoms with E-state index in [0.29, 0.717) is 6.54 Å². The highest BCUT2D eigenvalue weighted by molar-refractivity contribution is 5.92. The summed E-state index contributed by atoms with van der Waals surface area (Å²) in [6.07, 6.45) is 6.43. The first-order valence-corrected chi connectivity index (χ1v) is 14.1. The van der Waals surface area contributed by atoms with Crippen molar-refractivity contribution in [1.82, 2.24) is 19.4 Å². The van der Waals surface area contributed by atoms with Gasteiger partial charge in [-0.1, -0.05) is 55.0 Å². The fourth-order valence-corrected chi connectivity index (χ4v) is 5.39. The van der Waals surface area contributed by atoms with Gasteiger partial charge < -0.3 is 9.47 Å². The van der Waals surface area contributed by atoms with E-state index in [0.717, 1.165) is 42.6 Å². The number of carbonyl (C=O) groups excluding carboxylic acids is 1. The molecule has 1 aliphatic heterocycles. The number of halogens is 2. The second-order valence-electron chi connectivity index (χ2n) is 10.7. The Morgan fingerprint density at radius 3 is 2.38 bits per heavy atom. The maximum absolute atomic E-state index is 14.1. The summed E-state index contributed by atoms with van der Waals surface area (Å²) in [7, 11) is 0. The molecule has 0 N–H and O–H groups in total. The van der Waals surface area contributed by atoms with Gasteiger partial charge in [0.15, 0.2) is 11.6 Å². The van der Waals surface area contributed by atoms with E-state index in [-0.39, 0.29) is 24.1 Å². The van der Waals surface area contributed by atoms with Gasteiger partial charge in [-0.15, -0.1) is 0 Å². The SMILES string of the molecule is CC(C)N(Cc1nc2ccccc2n1Cc1ccccc1CN1CCCCC1)C(=O)C=Cc1cccc(F)c1F. The van der Waals surface area contributed by atoms with Crippen LogP contribution in [0.2, 0.25) is 0 Å². The molecule has 1 aliphatic rings. The van der Waals surface area contributed by atoms with Crippen molar-refractivity contribution in [3.63, 3.8) is 0 Å². The van der Waals surface area contributed by atoms with Crippen molar-refractivity contribution >= 4 is 23.0 Å². The number of nitrogens with zero attached hydrogens (tertiary/aromatic N) is 4.